The van der Waals surface area contributed by atoms with Gasteiger partial charge < -0.3 is 10.6 Å². The lowest BCUT2D eigenvalue weighted by molar-refractivity contribution is -0.129. The van der Waals surface area contributed by atoms with Crippen LogP contribution in [-0.4, -0.2) is 74.7 Å². The third-order valence-electron chi connectivity index (χ3n) is 3.91. The lowest BCUT2D eigenvalue weighted by Crippen LogP contribution is -2.53. The molecule has 1 atom stereocenters. The molecule has 140 valence electrons. The quantitative estimate of drug-likeness (QED) is 0.668. The second kappa shape index (κ2) is 8.75. The summed E-state index contributed by atoms with van der Waals surface area (Å²) in [6.45, 7) is 5.76. The number of thiophene rings is 1. The van der Waals surface area contributed by atoms with Crippen LogP contribution in [0.4, 0.5) is 0 Å². The van der Waals surface area contributed by atoms with Crippen LogP contribution in [0.2, 0.25) is 0 Å². The molecule has 10 heteroatoms. The van der Waals surface area contributed by atoms with Crippen molar-refractivity contribution in [1.82, 2.24) is 19.8 Å². The number of sulfonamides is 1. The number of carbonyl (C=O) groups excluding carboxylic acids is 2. The van der Waals surface area contributed by atoms with Crippen LogP contribution in [0.15, 0.2) is 21.7 Å². The van der Waals surface area contributed by atoms with Crippen LogP contribution in [0, 0.1) is 0 Å². The normalized spacial score (nSPS) is 17.8. The molecule has 1 aliphatic heterocycles. The fourth-order valence-corrected chi connectivity index (χ4v) is 5.12. The fraction of sp³-hybridized carbons (Fsp3) is 0.600. The minimum absolute atomic E-state index is 0.149. The number of nitrogens with one attached hydrogen (secondary N) is 2. The van der Waals surface area contributed by atoms with Crippen LogP contribution >= 0.6 is 11.3 Å². The molecule has 1 aromatic rings. The zero-order valence-electron chi connectivity index (χ0n) is 14.4. The van der Waals surface area contributed by atoms with E-state index in [9.17, 15) is 18.0 Å². The third-order valence-corrected chi connectivity index (χ3v) is 7.18. The number of rotatable bonds is 7. The van der Waals surface area contributed by atoms with Crippen LogP contribution in [0.3, 0.4) is 0 Å². The highest BCUT2D eigenvalue weighted by Gasteiger charge is 2.29. The molecule has 0 unspecified atom stereocenters. The molecule has 2 N–H and O–H groups in total. The van der Waals surface area contributed by atoms with Gasteiger partial charge in [-0.3, -0.25) is 14.5 Å². The van der Waals surface area contributed by atoms with Gasteiger partial charge in [0.1, 0.15) is 10.3 Å². The molecule has 1 fully saturated rings. The van der Waals surface area contributed by atoms with Crippen molar-refractivity contribution in [3.8, 4) is 0 Å². The summed E-state index contributed by atoms with van der Waals surface area (Å²) in [6.07, 6.45) is 0. The van der Waals surface area contributed by atoms with E-state index in [4.69, 9.17) is 0 Å². The van der Waals surface area contributed by atoms with E-state index >= 15 is 0 Å². The van der Waals surface area contributed by atoms with E-state index in [0.29, 0.717) is 36.9 Å². The summed E-state index contributed by atoms with van der Waals surface area (Å²) in [6, 6.07) is 2.73. The lowest BCUT2D eigenvalue weighted by Gasteiger charge is -2.33. The number of carbonyl (C=O) groups is 2. The van der Waals surface area contributed by atoms with E-state index in [-0.39, 0.29) is 18.4 Å². The van der Waals surface area contributed by atoms with Gasteiger partial charge in [-0.2, -0.15) is 4.31 Å². The number of amides is 2. The molecule has 25 heavy (non-hydrogen) atoms. The standard InChI is InChI=1S/C15H24N4O4S2/c1-3-16-15(21)12(2)17-13(20)11-18-6-8-19(9-7-18)25(22,23)14-5-4-10-24-14/h4-5,10,12H,3,6-9,11H2,1-2H3,(H,16,21)(H,17,20)/t12-/m1/s1. The number of piperazine rings is 1. The van der Waals surface area contributed by atoms with Gasteiger partial charge in [0.25, 0.3) is 10.0 Å². The van der Waals surface area contributed by atoms with Gasteiger partial charge in [0, 0.05) is 32.7 Å². The van der Waals surface area contributed by atoms with E-state index in [0.717, 1.165) is 0 Å². The molecule has 0 spiro atoms. The van der Waals surface area contributed by atoms with Crippen molar-refractivity contribution in [2.45, 2.75) is 24.1 Å². The molecular formula is C15H24N4O4S2. The number of likely N-dealkylation sites (N-methyl/N-ethyl adjacent to an activating group) is 1. The Balaban J connectivity index is 1.80. The average molecular weight is 389 g/mol. The Morgan fingerprint density at radius 3 is 2.52 bits per heavy atom. The molecule has 0 radical (unpaired) electrons. The Kier molecular flexibility index (Phi) is 6.94. The monoisotopic (exact) mass is 388 g/mol. The molecule has 0 aliphatic carbocycles. The highest BCUT2D eigenvalue weighted by atomic mass is 32.2. The molecule has 1 aliphatic rings. The van der Waals surface area contributed by atoms with Crippen molar-refractivity contribution in [3.05, 3.63) is 17.5 Å². The van der Waals surface area contributed by atoms with E-state index in [2.05, 4.69) is 10.6 Å². The van der Waals surface area contributed by atoms with Crippen LogP contribution in [0.25, 0.3) is 0 Å². The SMILES string of the molecule is CCNC(=O)[C@@H](C)NC(=O)CN1CCN(S(=O)(=O)c2cccs2)CC1. The molecule has 1 saturated heterocycles. The first-order valence-corrected chi connectivity index (χ1v) is 10.5. The van der Waals surface area contributed by atoms with Crippen molar-refractivity contribution in [1.29, 1.82) is 0 Å². The zero-order valence-corrected chi connectivity index (χ0v) is 16.0. The molecule has 2 heterocycles. The summed E-state index contributed by atoms with van der Waals surface area (Å²) >= 11 is 1.20. The van der Waals surface area contributed by atoms with Gasteiger partial charge in [-0.25, -0.2) is 8.42 Å². The summed E-state index contributed by atoms with van der Waals surface area (Å²) < 4.78 is 26.7. The van der Waals surface area contributed by atoms with Crippen molar-refractivity contribution < 1.29 is 18.0 Å². The van der Waals surface area contributed by atoms with Crippen LogP contribution in [0.1, 0.15) is 13.8 Å². The minimum atomic E-state index is -3.44. The van der Waals surface area contributed by atoms with E-state index in [1.807, 2.05) is 11.8 Å². The van der Waals surface area contributed by atoms with Crippen LogP contribution < -0.4 is 10.6 Å². The van der Waals surface area contributed by atoms with Gasteiger partial charge in [0.2, 0.25) is 11.8 Å². The lowest BCUT2D eigenvalue weighted by atomic mass is 10.3. The number of hydrogen-bond acceptors (Lipinski definition) is 6. The van der Waals surface area contributed by atoms with E-state index in [1.54, 1.807) is 24.4 Å². The summed E-state index contributed by atoms with van der Waals surface area (Å²) in [5, 5.41) is 7.04. The molecule has 8 nitrogen and oxygen atoms in total. The maximum atomic E-state index is 12.5. The summed E-state index contributed by atoms with van der Waals surface area (Å²) in [4.78, 5) is 25.5. The van der Waals surface area contributed by atoms with Crippen molar-refractivity contribution >= 4 is 33.2 Å². The molecular weight excluding hydrogens is 364 g/mol. The third kappa shape index (κ3) is 5.24. The Bertz CT molecular complexity index is 682. The number of hydrogen-bond donors (Lipinski definition) is 2. The van der Waals surface area contributed by atoms with Gasteiger partial charge >= 0.3 is 0 Å². The Labute approximate surface area is 152 Å². The first kappa shape index (κ1) is 19.8. The molecule has 0 saturated carbocycles. The molecule has 0 aromatic carbocycles. The molecule has 2 amide bonds. The Hall–Kier alpha value is -1.49. The maximum absolute atomic E-state index is 12.5. The van der Waals surface area contributed by atoms with Gasteiger partial charge in [0.05, 0.1) is 6.54 Å². The second-order valence-electron chi connectivity index (χ2n) is 5.80. The van der Waals surface area contributed by atoms with E-state index in [1.165, 1.54) is 15.6 Å². The smallest absolute Gasteiger partial charge is 0.252 e. The van der Waals surface area contributed by atoms with E-state index < -0.39 is 16.1 Å². The Morgan fingerprint density at radius 2 is 1.96 bits per heavy atom. The first-order chi connectivity index (χ1) is 11.8. The van der Waals surface area contributed by atoms with Crippen LogP contribution in [0.5, 0.6) is 0 Å². The summed E-state index contributed by atoms with van der Waals surface area (Å²) in [5.41, 5.74) is 0. The van der Waals surface area contributed by atoms with Crippen molar-refractivity contribution in [3.63, 3.8) is 0 Å². The van der Waals surface area contributed by atoms with Gasteiger partial charge in [-0.05, 0) is 25.3 Å². The summed E-state index contributed by atoms with van der Waals surface area (Å²) in [5.74, 6) is -0.462. The second-order valence-corrected chi connectivity index (χ2v) is 8.91. The first-order valence-electron chi connectivity index (χ1n) is 8.17. The Morgan fingerprint density at radius 1 is 1.28 bits per heavy atom. The highest BCUT2D eigenvalue weighted by molar-refractivity contribution is 7.91. The topological polar surface area (TPSA) is 98.8 Å². The minimum Gasteiger partial charge on any atom is -0.355 e. The molecule has 0 bridgehead atoms. The summed E-state index contributed by atoms with van der Waals surface area (Å²) in [7, 11) is -3.44. The fourth-order valence-electron chi connectivity index (χ4n) is 2.55. The maximum Gasteiger partial charge on any atom is 0.252 e. The predicted octanol–water partition coefficient (Wildman–Crippen LogP) is -0.305. The predicted molar refractivity (Wildman–Crippen MR) is 95.8 cm³/mol. The van der Waals surface area contributed by atoms with Crippen molar-refractivity contribution in [2.75, 3.05) is 39.3 Å². The van der Waals surface area contributed by atoms with Gasteiger partial charge in [0.15, 0.2) is 0 Å². The number of nitrogens with zero attached hydrogens (tertiary/aromatic N) is 2. The van der Waals surface area contributed by atoms with Crippen molar-refractivity contribution in [2.24, 2.45) is 0 Å². The highest BCUT2D eigenvalue weighted by Crippen LogP contribution is 2.21. The van der Waals surface area contributed by atoms with Gasteiger partial charge in [-0.1, -0.05) is 6.07 Å². The van der Waals surface area contributed by atoms with Crippen LogP contribution in [-0.2, 0) is 19.6 Å². The molecule has 2 rings (SSSR count). The zero-order chi connectivity index (χ0) is 18.4. The largest absolute Gasteiger partial charge is 0.355 e. The van der Waals surface area contributed by atoms with Gasteiger partial charge in [-0.15, -0.1) is 11.3 Å². The average Bonchev–Trinajstić information content (AvgIpc) is 3.10. The molecule has 1 aromatic heterocycles.